The van der Waals surface area contributed by atoms with Gasteiger partial charge in [0.25, 0.3) is 0 Å². The molecule has 150 valence electrons. The number of thioether (sulfide) groups is 1. The molecule has 2 fully saturated rings. The average Bonchev–Trinajstić information content (AvgIpc) is 3.20. The van der Waals surface area contributed by atoms with Crippen LogP contribution in [0, 0.1) is 5.92 Å². The van der Waals surface area contributed by atoms with Crippen LogP contribution in [0.1, 0.15) is 25.7 Å². The van der Waals surface area contributed by atoms with Crippen molar-refractivity contribution in [3.8, 4) is 0 Å². The first kappa shape index (κ1) is 22.3. The Morgan fingerprint density at radius 1 is 1.22 bits per heavy atom. The van der Waals surface area contributed by atoms with Crippen molar-refractivity contribution in [2.45, 2.75) is 36.6 Å². The Balaban J connectivity index is 0.00000261. The van der Waals surface area contributed by atoms with Gasteiger partial charge in [-0.05, 0) is 62.4 Å². The second-order valence-electron chi connectivity index (χ2n) is 6.98. The number of benzene rings is 1. The first-order valence-electron chi connectivity index (χ1n) is 9.29. The largest absolute Gasteiger partial charge is 0.354 e. The molecule has 2 amide bonds. The lowest BCUT2D eigenvalue weighted by atomic mass is 9.98. The Kier molecular flexibility index (Phi) is 9.22. The van der Waals surface area contributed by atoms with E-state index in [4.69, 9.17) is 11.6 Å². The molecule has 0 aromatic heterocycles. The topological polar surface area (TPSA) is 61.4 Å². The zero-order valence-corrected chi connectivity index (χ0v) is 17.7. The molecule has 2 unspecified atom stereocenters. The van der Waals surface area contributed by atoms with Crippen LogP contribution in [0.15, 0.2) is 29.2 Å². The summed E-state index contributed by atoms with van der Waals surface area (Å²) >= 11 is 7.43. The number of nitrogens with one attached hydrogen (secondary N) is 2. The third-order valence-corrected chi connectivity index (χ3v) is 6.24. The number of nitrogens with zero attached hydrogens (tertiary/aromatic N) is 1. The first-order valence-corrected chi connectivity index (χ1v) is 10.7. The van der Waals surface area contributed by atoms with E-state index in [-0.39, 0.29) is 30.3 Å². The first-order chi connectivity index (χ1) is 12.6. The van der Waals surface area contributed by atoms with Gasteiger partial charge in [0, 0.05) is 29.6 Å². The molecular formula is C19H27Cl2N3O2S. The van der Waals surface area contributed by atoms with Crippen molar-refractivity contribution < 1.29 is 9.59 Å². The molecule has 3 rings (SSSR count). The van der Waals surface area contributed by atoms with E-state index < -0.39 is 0 Å². The van der Waals surface area contributed by atoms with Crippen LogP contribution in [0.2, 0.25) is 5.02 Å². The third-order valence-electron chi connectivity index (χ3n) is 4.99. The van der Waals surface area contributed by atoms with E-state index in [0.29, 0.717) is 23.2 Å². The van der Waals surface area contributed by atoms with Gasteiger partial charge in [0.2, 0.25) is 11.8 Å². The summed E-state index contributed by atoms with van der Waals surface area (Å²) < 4.78 is 0. The molecule has 1 aromatic carbocycles. The van der Waals surface area contributed by atoms with Crippen molar-refractivity contribution >= 4 is 47.6 Å². The van der Waals surface area contributed by atoms with Crippen LogP contribution in [0.4, 0.5) is 0 Å². The van der Waals surface area contributed by atoms with Gasteiger partial charge < -0.3 is 15.5 Å². The number of carbonyl (C=O) groups excluding carboxylic acids is 2. The maximum absolute atomic E-state index is 12.5. The van der Waals surface area contributed by atoms with Gasteiger partial charge in [-0.15, -0.1) is 24.2 Å². The lowest BCUT2D eigenvalue weighted by Crippen LogP contribution is -2.47. The molecule has 2 atom stereocenters. The molecule has 0 radical (unpaired) electrons. The van der Waals surface area contributed by atoms with E-state index in [2.05, 4.69) is 10.6 Å². The fourth-order valence-corrected chi connectivity index (χ4v) is 4.43. The van der Waals surface area contributed by atoms with Crippen molar-refractivity contribution in [1.29, 1.82) is 0 Å². The number of piperidine rings is 1. The zero-order valence-electron chi connectivity index (χ0n) is 15.3. The molecule has 27 heavy (non-hydrogen) atoms. The van der Waals surface area contributed by atoms with E-state index >= 15 is 0 Å². The van der Waals surface area contributed by atoms with Gasteiger partial charge in [-0.2, -0.15) is 0 Å². The maximum atomic E-state index is 12.5. The number of carbonyl (C=O) groups is 2. The van der Waals surface area contributed by atoms with Crippen molar-refractivity contribution in [2.24, 2.45) is 5.92 Å². The van der Waals surface area contributed by atoms with Gasteiger partial charge in [-0.25, -0.2) is 0 Å². The molecule has 0 spiro atoms. The van der Waals surface area contributed by atoms with Crippen LogP contribution in [0.3, 0.4) is 0 Å². The summed E-state index contributed by atoms with van der Waals surface area (Å²) in [6, 6.07) is 7.52. The summed E-state index contributed by atoms with van der Waals surface area (Å²) in [7, 11) is 0. The van der Waals surface area contributed by atoms with E-state index in [1.54, 1.807) is 0 Å². The lowest BCUT2D eigenvalue weighted by Gasteiger charge is -2.33. The van der Waals surface area contributed by atoms with Crippen LogP contribution < -0.4 is 10.6 Å². The van der Waals surface area contributed by atoms with Gasteiger partial charge in [0.15, 0.2) is 0 Å². The minimum Gasteiger partial charge on any atom is -0.354 e. The second-order valence-corrected chi connectivity index (χ2v) is 8.47. The quantitative estimate of drug-likeness (QED) is 0.679. The van der Waals surface area contributed by atoms with Crippen molar-refractivity contribution in [3.05, 3.63) is 29.3 Å². The molecule has 1 aromatic rings. The third kappa shape index (κ3) is 6.86. The summed E-state index contributed by atoms with van der Waals surface area (Å²) in [5.41, 5.74) is 0. The standard InChI is InChI=1S/C19H26ClN3O2S.ClH/c20-15-5-7-16(8-6-15)26-13-18(24)23-10-2-3-14(12-23)11-22-19(25)17-4-1-9-21-17;/h5-8,14,17,21H,1-4,9-13H2,(H,22,25);1H. The lowest BCUT2D eigenvalue weighted by molar-refractivity contribution is -0.130. The highest BCUT2D eigenvalue weighted by Crippen LogP contribution is 2.22. The van der Waals surface area contributed by atoms with Crippen LogP contribution in [0.25, 0.3) is 0 Å². The minimum absolute atomic E-state index is 0. The Bertz CT molecular complexity index is 624. The van der Waals surface area contributed by atoms with Crippen molar-refractivity contribution in [1.82, 2.24) is 15.5 Å². The molecule has 2 saturated heterocycles. The van der Waals surface area contributed by atoms with Gasteiger partial charge in [-0.1, -0.05) is 11.6 Å². The number of rotatable bonds is 6. The van der Waals surface area contributed by atoms with Gasteiger partial charge >= 0.3 is 0 Å². The predicted octanol–water partition coefficient (Wildman–Crippen LogP) is 2.96. The maximum Gasteiger partial charge on any atom is 0.237 e. The SMILES string of the molecule is Cl.O=C(NCC1CCCN(C(=O)CSc2ccc(Cl)cc2)C1)C1CCCN1. The zero-order chi connectivity index (χ0) is 18.4. The number of halogens is 2. The van der Waals surface area contributed by atoms with Crippen LogP contribution in [-0.4, -0.2) is 54.7 Å². The molecule has 5 nitrogen and oxygen atoms in total. The molecule has 2 aliphatic rings. The Hall–Kier alpha value is -0.950. The minimum atomic E-state index is -0.0351. The van der Waals surface area contributed by atoms with Crippen LogP contribution >= 0.6 is 35.8 Å². The summed E-state index contributed by atoms with van der Waals surface area (Å²) in [6.07, 6.45) is 4.05. The molecule has 0 aliphatic carbocycles. The highest BCUT2D eigenvalue weighted by molar-refractivity contribution is 8.00. The van der Waals surface area contributed by atoms with Crippen LogP contribution in [0.5, 0.6) is 0 Å². The molecule has 2 N–H and O–H groups in total. The number of hydrogen-bond acceptors (Lipinski definition) is 4. The molecule has 8 heteroatoms. The van der Waals surface area contributed by atoms with E-state index in [0.717, 1.165) is 50.2 Å². The normalized spacial score (nSPS) is 22.2. The fraction of sp³-hybridized carbons (Fsp3) is 0.579. The van der Waals surface area contributed by atoms with Gasteiger partial charge in [-0.3, -0.25) is 9.59 Å². The molecular weight excluding hydrogens is 405 g/mol. The summed E-state index contributed by atoms with van der Waals surface area (Å²) in [5.74, 6) is 1.05. The predicted molar refractivity (Wildman–Crippen MR) is 113 cm³/mol. The van der Waals surface area contributed by atoms with E-state index in [9.17, 15) is 9.59 Å². The van der Waals surface area contributed by atoms with E-state index in [1.165, 1.54) is 11.8 Å². The molecule has 0 bridgehead atoms. The molecule has 2 heterocycles. The highest BCUT2D eigenvalue weighted by atomic mass is 35.5. The Morgan fingerprint density at radius 3 is 2.70 bits per heavy atom. The van der Waals surface area contributed by atoms with Gasteiger partial charge in [0.05, 0.1) is 11.8 Å². The fourth-order valence-electron chi connectivity index (χ4n) is 3.50. The van der Waals surface area contributed by atoms with Gasteiger partial charge in [0.1, 0.15) is 0 Å². The van der Waals surface area contributed by atoms with Crippen molar-refractivity contribution in [2.75, 3.05) is 31.9 Å². The number of likely N-dealkylation sites (tertiary alicyclic amines) is 1. The smallest absolute Gasteiger partial charge is 0.237 e. The average molecular weight is 432 g/mol. The second kappa shape index (κ2) is 11.1. The monoisotopic (exact) mass is 431 g/mol. The summed E-state index contributed by atoms with van der Waals surface area (Å²) in [6.45, 7) is 3.13. The summed E-state index contributed by atoms with van der Waals surface area (Å²) in [5, 5.41) is 6.98. The number of hydrogen-bond donors (Lipinski definition) is 2. The Labute approximate surface area is 176 Å². The highest BCUT2D eigenvalue weighted by Gasteiger charge is 2.26. The van der Waals surface area contributed by atoms with E-state index in [1.807, 2.05) is 29.2 Å². The molecule has 2 aliphatic heterocycles. The van der Waals surface area contributed by atoms with Crippen molar-refractivity contribution in [3.63, 3.8) is 0 Å². The van der Waals surface area contributed by atoms with Crippen LogP contribution in [-0.2, 0) is 9.59 Å². The molecule has 0 saturated carbocycles. The number of amides is 2. The summed E-state index contributed by atoms with van der Waals surface area (Å²) in [4.78, 5) is 27.6. The Morgan fingerprint density at radius 2 is 2.00 bits per heavy atom.